The van der Waals surface area contributed by atoms with Crippen molar-refractivity contribution in [1.29, 1.82) is 0 Å². The summed E-state index contributed by atoms with van der Waals surface area (Å²) in [5, 5.41) is 2.44. The molecule has 0 aliphatic heterocycles. The van der Waals surface area contributed by atoms with Crippen molar-refractivity contribution in [3.05, 3.63) is 217 Å². The molecule has 0 unspecified atom stereocenters. The molecule has 0 spiro atoms. The minimum atomic E-state index is 0.736. The van der Waals surface area contributed by atoms with Crippen LogP contribution in [0, 0.1) is 13.8 Å². The van der Waals surface area contributed by atoms with E-state index in [1.54, 1.807) is 0 Å². The van der Waals surface area contributed by atoms with Crippen molar-refractivity contribution in [1.82, 2.24) is 14.5 Å². The van der Waals surface area contributed by atoms with Gasteiger partial charge in [0.2, 0.25) is 0 Å². The second-order valence-corrected chi connectivity index (χ2v) is 14.8. The highest BCUT2D eigenvalue weighted by Crippen LogP contribution is 2.40. The van der Waals surface area contributed by atoms with Crippen LogP contribution >= 0.6 is 0 Å². The number of hydrogen-bond acceptors (Lipinski definition) is 3. The zero-order chi connectivity index (χ0) is 39.0. The topological polar surface area (TPSA) is 34.0 Å². The lowest BCUT2D eigenvalue weighted by Crippen LogP contribution is -2.09. The van der Waals surface area contributed by atoms with Gasteiger partial charge in [-0.05, 0) is 103 Å². The highest BCUT2D eigenvalue weighted by atomic mass is 15.1. The van der Waals surface area contributed by atoms with Gasteiger partial charge in [0.15, 0.2) is 5.82 Å². The predicted molar refractivity (Wildman–Crippen MR) is 242 cm³/mol. The van der Waals surface area contributed by atoms with E-state index in [0.29, 0.717) is 0 Å². The van der Waals surface area contributed by atoms with Gasteiger partial charge in [0.1, 0.15) is 0 Å². The minimum Gasteiger partial charge on any atom is -0.310 e. The summed E-state index contributed by atoms with van der Waals surface area (Å²) in [5.41, 5.74) is 16.5. The molecule has 0 aliphatic carbocycles. The Labute approximate surface area is 339 Å². The summed E-state index contributed by atoms with van der Waals surface area (Å²) in [6.07, 6.45) is 0. The Bertz CT molecular complexity index is 2950. The number of anilines is 3. The van der Waals surface area contributed by atoms with Crippen LogP contribution < -0.4 is 4.90 Å². The highest BCUT2D eigenvalue weighted by Gasteiger charge is 2.18. The maximum Gasteiger partial charge on any atom is 0.160 e. The number of rotatable bonds is 8. The van der Waals surface area contributed by atoms with Crippen molar-refractivity contribution >= 4 is 38.9 Å². The lowest BCUT2D eigenvalue weighted by atomic mass is 10.00. The van der Waals surface area contributed by atoms with Crippen molar-refractivity contribution in [2.24, 2.45) is 0 Å². The Hall–Kier alpha value is -7.56. The number of nitrogens with zero attached hydrogens (tertiary/aromatic N) is 4. The molecule has 0 radical (unpaired) electrons. The van der Waals surface area contributed by atoms with Crippen LogP contribution in [0.3, 0.4) is 0 Å². The van der Waals surface area contributed by atoms with E-state index in [1.807, 2.05) is 0 Å². The lowest BCUT2D eigenvalue weighted by Gasteiger charge is -2.25. The fourth-order valence-corrected chi connectivity index (χ4v) is 8.15. The summed E-state index contributed by atoms with van der Waals surface area (Å²) >= 11 is 0. The first-order chi connectivity index (χ1) is 28.6. The molecule has 2 aromatic heterocycles. The van der Waals surface area contributed by atoms with Crippen molar-refractivity contribution in [2.75, 3.05) is 4.90 Å². The molecule has 4 nitrogen and oxygen atoms in total. The number of aryl methyl sites for hydroxylation is 2. The van der Waals surface area contributed by atoms with E-state index < -0.39 is 0 Å². The number of aromatic nitrogens is 3. The molecule has 0 saturated heterocycles. The van der Waals surface area contributed by atoms with Gasteiger partial charge in [-0.15, -0.1) is 0 Å². The van der Waals surface area contributed by atoms with Crippen LogP contribution in [-0.4, -0.2) is 14.5 Å². The van der Waals surface area contributed by atoms with Crippen LogP contribution in [0.5, 0.6) is 0 Å². The van der Waals surface area contributed by atoms with Crippen LogP contribution in [0.4, 0.5) is 17.1 Å². The third-order valence-electron chi connectivity index (χ3n) is 11.1. The van der Waals surface area contributed by atoms with E-state index in [4.69, 9.17) is 9.97 Å². The molecule has 0 amide bonds. The second-order valence-electron chi connectivity index (χ2n) is 14.8. The molecule has 4 heteroatoms. The normalized spacial score (nSPS) is 11.3. The van der Waals surface area contributed by atoms with Gasteiger partial charge in [-0.25, -0.2) is 9.97 Å². The molecule has 0 N–H and O–H groups in total. The van der Waals surface area contributed by atoms with E-state index in [0.717, 1.165) is 73.3 Å². The van der Waals surface area contributed by atoms with Gasteiger partial charge in [0.25, 0.3) is 0 Å². The Morgan fingerprint density at radius 1 is 0.379 bits per heavy atom. The van der Waals surface area contributed by atoms with E-state index in [2.05, 4.69) is 230 Å². The highest BCUT2D eigenvalue weighted by molar-refractivity contribution is 6.10. The minimum absolute atomic E-state index is 0.736. The predicted octanol–water partition coefficient (Wildman–Crippen LogP) is 14.3. The Balaban J connectivity index is 0.998. The third kappa shape index (κ3) is 6.41. The van der Waals surface area contributed by atoms with Crippen LogP contribution in [-0.2, 0) is 0 Å². The number of benzene rings is 8. The molecule has 0 saturated carbocycles. The summed E-state index contributed by atoms with van der Waals surface area (Å²) in [6.45, 7) is 4.25. The van der Waals surface area contributed by atoms with Crippen molar-refractivity contribution in [3.8, 4) is 50.7 Å². The molecule has 0 atom stereocenters. The molecule has 276 valence electrons. The van der Waals surface area contributed by atoms with Crippen molar-refractivity contribution in [3.63, 3.8) is 0 Å². The first-order valence-corrected chi connectivity index (χ1v) is 19.7. The molecule has 8 aromatic carbocycles. The number of hydrogen-bond donors (Lipinski definition) is 0. The third-order valence-corrected chi connectivity index (χ3v) is 11.1. The van der Waals surface area contributed by atoms with Gasteiger partial charge >= 0.3 is 0 Å². The Morgan fingerprint density at radius 2 is 0.897 bits per heavy atom. The van der Waals surface area contributed by atoms with E-state index in [-0.39, 0.29) is 0 Å². The quantitative estimate of drug-likeness (QED) is 0.155. The summed E-state index contributed by atoms with van der Waals surface area (Å²) in [6, 6.07) is 73.2. The van der Waals surface area contributed by atoms with Gasteiger partial charge < -0.3 is 9.47 Å². The zero-order valence-electron chi connectivity index (χ0n) is 32.4. The maximum absolute atomic E-state index is 5.11. The fraction of sp³-hybridized carbons (Fsp3) is 0.0370. The molecule has 10 aromatic rings. The van der Waals surface area contributed by atoms with Gasteiger partial charge in [-0.1, -0.05) is 140 Å². The SMILES string of the molecule is Cc1ccccc1-c1cc(-c2ccc(-c3ccc(-n4c5ccccc5c5cc(N(c6ccccc6)c6ccccc6)ccc54)cc3)cc2)nc(-c2ccccc2C)n1. The Morgan fingerprint density at radius 3 is 1.55 bits per heavy atom. The fourth-order valence-electron chi connectivity index (χ4n) is 8.15. The summed E-state index contributed by atoms with van der Waals surface area (Å²) in [4.78, 5) is 12.5. The standard InChI is InChI=1S/C54H40N4/c1-37-15-9-11-21-46(37)51-36-50(55-54(56-51)47-22-12-10-16-38(47)2)41-27-25-39(26-28-41)40-29-31-44(32-30-40)58-52-24-14-13-23-48(52)49-35-45(33-34-53(49)58)57(42-17-5-3-6-18-42)43-19-7-4-8-20-43/h3-36H,1-2H3. The van der Waals surface area contributed by atoms with Crippen LogP contribution in [0.2, 0.25) is 0 Å². The van der Waals surface area contributed by atoms with Gasteiger partial charge in [0, 0.05) is 50.2 Å². The van der Waals surface area contributed by atoms with Crippen LogP contribution in [0.15, 0.2) is 206 Å². The van der Waals surface area contributed by atoms with Crippen molar-refractivity contribution in [2.45, 2.75) is 13.8 Å². The molecule has 0 aliphatic rings. The lowest BCUT2D eigenvalue weighted by molar-refractivity contribution is 1.17. The first kappa shape index (κ1) is 34.9. The smallest absolute Gasteiger partial charge is 0.160 e. The summed E-state index contributed by atoms with van der Waals surface area (Å²) in [5.74, 6) is 0.736. The van der Waals surface area contributed by atoms with E-state index >= 15 is 0 Å². The van der Waals surface area contributed by atoms with Gasteiger partial charge in [0.05, 0.1) is 22.4 Å². The van der Waals surface area contributed by atoms with Gasteiger partial charge in [-0.2, -0.15) is 0 Å². The number of fused-ring (bicyclic) bond motifs is 3. The van der Waals surface area contributed by atoms with Crippen LogP contribution in [0.1, 0.15) is 11.1 Å². The molecule has 0 bridgehead atoms. The molecule has 10 rings (SSSR count). The summed E-state index contributed by atoms with van der Waals surface area (Å²) < 4.78 is 2.38. The molecule has 2 heterocycles. The Kier molecular flexibility index (Phi) is 8.92. The van der Waals surface area contributed by atoms with Gasteiger partial charge in [-0.3, -0.25) is 0 Å². The van der Waals surface area contributed by atoms with Crippen LogP contribution in [0.25, 0.3) is 72.5 Å². The molecular weight excluding hydrogens is 705 g/mol. The maximum atomic E-state index is 5.11. The molecular formula is C54H40N4. The van der Waals surface area contributed by atoms with Crippen molar-refractivity contribution < 1.29 is 0 Å². The molecule has 0 fully saturated rings. The second kappa shape index (κ2) is 14.8. The largest absolute Gasteiger partial charge is 0.310 e. The van der Waals surface area contributed by atoms with E-state index in [9.17, 15) is 0 Å². The molecule has 58 heavy (non-hydrogen) atoms. The number of para-hydroxylation sites is 3. The monoisotopic (exact) mass is 744 g/mol. The first-order valence-electron chi connectivity index (χ1n) is 19.7. The summed E-state index contributed by atoms with van der Waals surface area (Å²) in [7, 11) is 0. The average Bonchev–Trinajstić information content (AvgIpc) is 3.61. The average molecular weight is 745 g/mol. The van der Waals surface area contributed by atoms with E-state index in [1.165, 1.54) is 27.4 Å². The zero-order valence-corrected chi connectivity index (χ0v) is 32.4.